The van der Waals surface area contributed by atoms with E-state index in [2.05, 4.69) is 20.5 Å². The molecule has 0 saturated carbocycles. The molecule has 3 rings (SSSR count). The van der Waals surface area contributed by atoms with Crippen molar-refractivity contribution in [3.63, 3.8) is 0 Å². The van der Waals surface area contributed by atoms with Gasteiger partial charge in [0.05, 0.1) is 21.3 Å². The molecular weight excluding hydrogens is 376 g/mol. The maximum absolute atomic E-state index is 12.4. The molecule has 0 aliphatic carbocycles. The van der Waals surface area contributed by atoms with E-state index < -0.39 is 15.7 Å². The number of sulfone groups is 1. The normalized spacial score (nSPS) is 11.5. The van der Waals surface area contributed by atoms with Crippen molar-refractivity contribution in [3.05, 3.63) is 40.5 Å². The first-order valence-corrected chi connectivity index (χ1v) is 10.2. The van der Waals surface area contributed by atoms with Crippen LogP contribution in [0.3, 0.4) is 0 Å². The molecule has 0 radical (unpaired) electrons. The number of carbonyl (C=O) groups is 1. The maximum atomic E-state index is 12.4. The van der Waals surface area contributed by atoms with Gasteiger partial charge in [0.1, 0.15) is 4.88 Å². The zero-order valence-electron chi connectivity index (χ0n) is 14.3. The van der Waals surface area contributed by atoms with Gasteiger partial charge in [0.15, 0.2) is 9.84 Å². The number of aromatic nitrogens is 3. The predicted molar refractivity (Wildman–Crippen MR) is 97.0 cm³/mol. The van der Waals surface area contributed by atoms with Crippen molar-refractivity contribution in [3.8, 4) is 10.8 Å². The van der Waals surface area contributed by atoms with Crippen LogP contribution in [0.25, 0.3) is 10.8 Å². The van der Waals surface area contributed by atoms with Crippen molar-refractivity contribution in [2.24, 2.45) is 0 Å². The van der Waals surface area contributed by atoms with Crippen molar-refractivity contribution in [1.82, 2.24) is 15.2 Å². The minimum absolute atomic E-state index is 0.0429. The number of thiazole rings is 1. The average Bonchev–Trinajstić information content (AvgIpc) is 3.20. The Labute approximate surface area is 154 Å². The summed E-state index contributed by atoms with van der Waals surface area (Å²) in [6.45, 7) is 5.25. The summed E-state index contributed by atoms with van der Waals surface area (Å²) in [4.78, 5) is 17.5. The van der Waals surface area contributed by atoms with E-state index in [9.17, 15) is 13.2 Å². The van der Waals surface area contributed by atoms with Gasteiger partial charge in [-0.1, -0.05) is 18.1 Å². The van der Waals surface area contributed by atoms with Crippen LogP contribution in [0.1, 0.15) is 28.0 Å². The van der Waals surface area contributed by atoms with Crippen molar-refractivity contribution in [1.29, 1.82) is 0 Å². The molecule has 8 nitrogen and oxygen atoms in total. The summed E-state index contributed by atoms with van der Waals surface area (Å²) in [5, 5.41) is 11.1. The Bertz CT molecular complexity index is 1070. The van der Waals surface area contributed by atoms with E-state index in [1.807, 2.05) is 13.8 Å². The van der Waals surface area contributed by atoms with Gasteiger partial charge in [-0.05, 0) is 32.0 Å². The molecule has 0 aliphatic rings. The second-order valence-electron chi connectivity index (χ2n) is 5.45. The maximum Gasteiger partial charge on any atom is 0.322 e. The molecule has 10 heteroatoms. The van der Waals surface area contributed by atoms with E-state index in [4.69, 9.17) is 4.42 Å². The minimum atomic E-state index is -3.40. The Morgan fingerprint density at radius 3 is 2.69 bits per heavy atom. The Morgan fingerprint density at radius 2 is 2.04 bits per heavy atom. The molecule has 0 atom stereocenters. The van der Waals surface area contributed by atoms with Crippen LogP contribution in [0.4, 0.5) is 6.01 Å². The lowest BCUT2D eigenvalue weighted by Crippen LogP contribution is -2.13. The van der Waals surface area contributed by atoms with Crippen LogP contribution in [-0.4, -0.2) is 35.3 Å². The second-order valence-corrected chi connectivity index (χ2v) is 8.93. The van der Waals surface area contributed by atoms with Gasteiger partial charge >= 0.3 is 6.01 Å². The molecule has 0 aliphatic heterocycles. The smallest absolute Gasteiger partial charge is 0.322 e. The Balaban J connectivity index is 1.81. The number of carbonyl (C=O) groups excluding carboxylic acids is 1. The van der Waals surface area contributed by atoms with Crippen LogP contribution in [0.2, 0.25) is 0 Å². The topological polar surface area (TPSA) is 115 Å². The van der Waals surface area contributed by atoms with Crippen LogP contribution in [0.5, 0.6) is 0 Å². The highest BCUT2D eigenvalue weighted by atomic mass is 32.2. The molecule has 1 amide bonds. The molecule has 136 valence electrons. The second kappa shape index (κ2) is 6.96. The number of hydrogen-bond acceptors (Lipinski definition) is 8. The van der Waals surface area contributed by atoms with Gasteiger partial charge in [-0.25, -0.2) is 13.4 Å². The molecule has 2 heterocycles. The van der Waals surface area contributed by atoms with Gasteiger partial charge in [0.2, 0.25) is 0 Å². The molecule has 0 bridgehead atoms. The minimum Gasteiger partial charge on any atom is -0.402 e. The zero-order chi connectivity index (χ0) is 18.9. The monoisotopic (exact) mass is 392 g/mol. The van der Waals surface area contributed by atoms with Gasteiger partial charge in [-0.3, -0.25) is 10.1 Å². The SMILES string of the molecule is CCS(=O)(=O)c1cccc(C(=O)Nc2nnc(-c3sc(C)nc3C)o2)c1. The summed E-state index contributed by atoms with van der Waals surface area (Å²) in [5.41, 5.74) is 0.954. The molecule has 0 unspecified atom stereocenters. The van der Waals surface area contributed by atoms with Gasteiger partial charge in [0, 0.05) is 5.56 Å². The molecule has 0 spiro atoms. The van der Waals surface area contributed by atoms with E-state index in [-0.39, 0.29) is 28.1 Å². The van der Waals surface area contributed by atoms with E-state index >= 15 is 0 Å². The van der Waals surface area contributed by atoms with Gasteiger partial charge < -0.3 is 4.42 Å². The highest BCUT2D eigenvalue weighted by Crippen LogP contribution is 2.29. The van der Waals surface area contributed by atoms with Crippen LogP contribution >= 0.6 is 11.3 Å². The Kier molecular flexibility index (Phi) is 4.88. The van der Waals surface area contributed by atoms with Gasteiger partial charge in [0.25, 0.3) is 11.8 Å². The molecule has 0 saturated heterocycles. The summed E-state index contributed by atoms with van der Waals surface area (Å²) in [7, 11) is -3.40. The molecule has 3 aromatic rings. The Morgan fingerprint density at radius 1 is 1.27 bits per heavy atom. The van der Waals surface area contributed by atoms with Crippen LogP contribution < -0.4 is 5.32 Å². The molecular formula is C16H16N4O4S2. The van der Waals surface area contributed by atoms with Gasteiger partial charge in [-0.15, -0.1) is 16.4 Å². The number of benzene rings is 1. The third-order valence-corrected chi connectivity index (χ3v) is 6.37. The lowest BCUT2D eigenvalue weighted by atomic mass is 10.2. The molecule has 1 aromatic carbocycles. The average molecular weight is 392 g/mol. The number of amides is 1. The highest BCUT2D eigenvalue weighted by Gasteiger charge is 2.18. The van der Waals surface area contributed by atoms with E-state index in [0.29, 0.717) is 0 Å². The summed E-state index contributed by atoms with van der Waals surface area (Å²) in [6, 6.07) is 5.73. The first-order chi connectivity index (χ1) is 12.3. The molecule has 1 N–H and O–H groups in total. The molecule has 0 fully saturated rings. The number of rotatable bonds is 5. The van der Waals surface area contributed by atoms with Crippen molar-refractivity contribution in [2.45, 2.75) is 25.7 Å². The molecule has 26 heavy (non-hydrogen) atoms. The third kappa shape index (κ3) is 3.65. The number of nitrogens with zero attached hydrogens (tertiary/aromatic N) is 3. The zero-order valence-corrected chi connectivity index (χ0v) is 15.9. The first kappa shape index (κ1) is 18.2. The fourth-order valence-corrected chi connectivity index (χ4v) is 4.03. The standard InChI is InChI=1S/C16H16N4O4S2/c1-4-26(22,23)12-7-5-6-11(8-12)14(21)18-16-20-19-15(24-16)13-9(2)17-10(3)25-13/h5-8H,4H2,1-3H3,(H,18,20,21). The largest absolute Gasteiger partial charge is 0.402 e. The highest BCUT2D eigenvalue weighted by molar-refractivity contribution is 7.91. The third-order valence-electron chi connectivity index (χ3n) is 3.58. The lowest BCUT2D eigenvalue weighted by molar-refractivity contribution is 0.102. The van der Waals surface area contributed by atoms with E-state index in [1.165, 1.54) is 35.6 Å². The summed E-state index contributed by atoms with van der Waals surface area (Å²) in [5.74, 6) is -0.310. The predicted octanol–water partition coefficient (Wildman–Crippen LogP) is 2.86. The van der Waals surface area contributed by atoms with Crippen LogP contribution in [0.15, 0.2) is 33.6 Å². The quantitative estimate of drug-likeness (QED) is 0.710. The summed E-state index contributed by atoms with van der Waals surface area (Å²) in [6.07, 6.45) is 0. The lowest BCUT2D eigenvalue weighted by Gasteiger charge is -2.04. The summed E-state index contributed by atoms with van der Waals surface area (Å²) < 4.78 is 29.4. The number of aryl methyl sites for hydroxylation is 2. The number of nitrogens with one attached hydrogen (secondary N) is 1. The van der Waals surface area contributed by atoms with Crippen LogP contribution in [0, 0.1) is 13.8 Å². The first-order valence-electron chi connectivity index (χ1n) is 7.72. The summed E-state index contributed by atoms with van der Waals surface area (Å²) >= 11 is 1.42. The van der Waals surface area contributed by atoms with Gasteiger partial charge in [-0.2, -0.15) is 0 Å². The fourth-order valence-electron chi connectivity index (χ4n) is 2.26. The van der Waals surface area contributed by atoms with E-state index in [1.54, 1.807) is 6.92 Å². The fraction of sp³-hybridized carbons (Fsp3) is 0.250. The number of anilines is 1. The van der Waals surface area contributed by atoms with Crippen molar-refractivity contribution in [2.75, 3.05) is 11.1 Å². The van der Waals surface area contributed by atoms with Crippen molar-refractivity contribution >= 4 is 33.1 Å². The number of hydrogen-bond donors (Lipinski definition) is 1. The molecule has 2 aromatic heterocycles. The van der Waals surface area contributed by atoms with E-state index in [0.717, 1.165) is 15.6 Å². The Hall–Kier alpha value is -2.59. The van der Waals surface area contributed by atoms with Crippen LogP contribution in [-0.2, 0) is 9.84 Å². The van der Waals surface area contributed by atoms with Crippen molar-refractivity contribution < 1.29 is 17.6 Å².